The lowest BCUT2D eigenvalue weighted by molar-refractivity contribution is -0.135. The number of nitrogens with one attached hydrogen (secondary N) is 1. The Morgan fingerprint density at radius 1 is 1.03 bits per heavy atom. The molecule has 0 aliphatic carbocycles. The monoisotopic (exact) mass is 467 g/mol. The molecule has 1 fully saturated rings. The highest BCUT2D eigenvalue weighted by Crippen LogP contribution is 2.40. The highest BCUT2D eigenvalue weighted by atomic mass is 32.2. The van der Waals surface area contributed by atoms with Gasteiger partial charge in [-0.2, -0.15) is 0 Å². The van der Waals surface area contributed by atoms with E-state index < -0.39 is 5.25 Å². The second-order valence-electron chi connectivity index (χ2n) is 8.11. The van der Waals surface area contributed by atoms with Crippen LogP contribution in [-0.4, -0.2) is 54.1 Å². The molecule has 2 heterocycles. The fraction of sp³-hybridized carbons (Fsp3) is 0.400. The number of para-hydroxylation sites is 3. The van der Waals surface area contributed by atoms with Crippen molar-refractivity contribution < 1.29 is 19.1 Å². The van der Waals surface area contributed by atoms with Gasteiger partial charge in [-0.1, -0.05) is 37.1 Å². The van der Waals surface area contributed by atoms with Crippen molar-refractivity contribution in [3.05, 3.63) is 48.5 Å². The topological polar surface area (TPSA) is 79.0 Å². The summed E-state index contributed by atoms with van der Waals surface area (Å²) in [7, 11) is 0. The van der Waals surface area contributed by atoms with E-state index in [0.29, 0.717) is 36.8 Å². The molecule has 1 atom stereocenters. The molecular weight excluding hydrogens is 438 g/mol. The van der Waals surface area contributed by atoms with Gasteiger partial charge in [0.25, 0.3) is 5.91 Å². The summed E-state index contributed by atoms with van der Waals surface area (Å²) >= 11 is 1.28. The lowest BCUT2D eigenvalue weighted by atomic mass is 10.2. The molecule has 4 rings (SSSR count). The number of fused-ring (bicyclic) bond motifs is 1. The zero-order valence-electron chi connectivity index (χ0n) is 18.8. The molecule has 0 saturated carbocycles. The number of amides is 3. The first-order chi connectivity index (χ1) is 16.1. The maximum Gasteiger partial charge on any atom is 0.250 e. The minimum atomic E-state index is -0.874. The van der Waals surface area contributed by atoms with Crippen molar-refractivity contribution in [3.8, 4) is 5.75 Å². The fourth-order valence-corrected chi connectivity index (χ4v) is 5.37. The van der Waals surface area contributed by atoms with Crippen LogP contribution in [0.15, 0.2) is 53.4 Å². The second kappa shape index (κ2) is 10.7. The zero-order chi connectivity index (χ0) is 23.2. The Labute approximate surface area is 198 Å². The van der Waals surface area contributed by atoms with E-state index in [1.165, 1.54) is 16.7 Å². The number of hydrogen-bond acceptors (Lipinski definition) is 5. The number of hydrogen-bond donors (Lipinski definition) is 1. The van der Waals surface area contributed by atoms with Gasteiger partial charge in [0.15, 0.2) is 5.25 Å². The van der Waals surface area contributed by atoms with E-state index in [1.807, 2.05) is 48.2 Å². The van der Waals surface area contributed by atoms with Crippen molar-refractivity contribution >= 4 is 40.9 Å². The van der Waals surface area contributed by atoms with Crippen molar-refractivity contribution in [1.29, 1.82) is 0 Å². The molecule has 0 aromatic heterocycles. The third-order valence-electron chi connectivity index (χ3n) is 5.80. The Balaban J connectivity index is 1.54. The number of ether oxygens (including phenoxy) is 1. The van der Waals surface area contributed by atoms with E-state index in [-0.39, 0.29) is 24.3 Å². The maximum absolute atomic E-state index is 13.5. The summed E-state index contributed by atoms with van der Waals surface area (Å²) in [5.41, 5.74) is 1.20. The number of anilines is 2. The number of carbonyl (C=O) groups excluding carboxylic acids is 3. The summed E-state index contributed by atoms with van der Waals surface area (Å²) in [6.07, 6.45) is 4.13. The van der Waals surface area contributed by atoms with Gasteiger partial charge in [-0.25, -0.2) is 0 Å². The van der Waals surface area contributed by atoms with Crippen molar-refractivity contribution in [2.45, 2.75) is 42.8 Å². The van der Waals surface area contributed by atoms with Gasteiger partial charge in [0.05, 0.1) is 18.0 Å². The normalized spacial score (nSPS) is 18.3. The first-order valence-electron chi connectivity index (χ1n) is 11.5. The number of nitrogens with zero attached hydrogens (tertiary/aromatic N) is 2. The standard InChI is InChI=1S/C25H29N3O4S/c1-2-32-20-13-7-5-11-18(20)26-22(29)17-28-19-12-6-8-14-21(19)33-23(25(28)31)24(30)27-15-9-3-4-10-16-27/h5-8,11-14,23H,2-4,9-10,15-17H2,1H3,(H,26,29)/t23-/m1/s1. The zero-order valence-corrected chi connectivity index (χ0v) is 19.6. The molecule has 2 aromatic rings. The number of carbonyl (C=O) groups is 3. The Morgan fingerprint density at radius 3 is 2.48 bits per heavy atom. The predicted octanol–water partition coefficient (Wildman–Crippen LogP) is 3.93. The molecule has 0 unspecified atom stereocenters. The van der Waals surface area contributed by atoms with E-state index in [4.69, 9.17) is 4.74 Å². The number of rotatable bonds is 6. The first-order valence-corrected chi connectivity index (χ1v) is 12.3. The van der Waals surface area contributed by atoms with Crippen LogP contribution in [0, 0.1) is 0 Å². The quantitative estimate of drug-likeness (QED) is 0.651. The van der Waals surface area contributed by atoms with Crippen molar-refractivity contribution in [2.75, 3.05) is 36.5 Å². The molecule has 2 aliphatic heterocycles. The lowest BCUT2D eigenvalue weighted by Crippen LogP contribution is -2.51. The van der Waals surface area contributed by atoms with Crippen LogP contribution in [0.3, 0.4) is 0 Å². The van der Waals surface area contributed by atoms with E-state index in [0.717, 1.165) is 30.6 Å². The molecule has 8 heteroatoms. The molecule has 0 spiro atoms. The SMILES string of the molecule is CCOc1ccccc1NC(=O)CN1C(=O)[C@@H](C(=O)N2CCCCCC2)Sc2ccccc21. The van der Waals surface area contributed by atoms with Crippen LogP contribution >= 0.6 is 11.8 Å². The van der Waals surface area contributed by atoms with Gasteiger partial charge in [-0.3, -0.25) is 14.4 Å². The summed E-state index contributed by atoms with van der Waals surface area (Å²) < 4.78 is 5.58. The summed E-state index contributed by atoms with van der Waals surface area (Å²) in [5.74, 6) is -0.281. The van der Waals surface area contributed by atoms with E-state index in [2.05, 4.69) is 5.32 Å². The van der Waals surface area contributed by atoms with Gasteiger partial charge in [-0.15, -0.1) is 11.8 Å². The van der Waals surface area contributed by atoms with Crippen LogP contribution in [-0.2, 0) is 14.4 Å². The van der Waals surface area contributed by atoms with Crippen LogP contribution in [0.25, 0.3) is 0 Å². The van der Waals surface area contributed by atoms with Crippen molar-refractivity contribution in [1.82, 2.24) is 4.90 Å². The molecule has 2 aromatic carbocycles. The molecule has 0 bridgehead atoms. The maximum atomic E-state index is 13.5. The van der Waals surface area contributed by atoms with Gasteiger partial charge in [0.1, 0.15) is 12.3 Å². The summed E-state index contributed by atoms with van der Waals surface area (Å²) in [5, 5.41) is 1.98. The number of thioether (sulfide) groups is 1. The first kappa shape index (κ1) is 23.2. The third kappa shape index (κ3) is 5.33. The Morgan fingerprint density at radius 2 is 1.73 bits per heavy atom. The molecule has 174 valence electrons. The minimum absolute atomic E-state index is 0.159. The summed E-state index contributed by atoms with van der Waals surface area (Å²) in [6, 6.07) is 14.6. The number of benzene rings is 2. The molecule has 0 radical (unpaired) electrons. The summed E-state index contributed by atoms with van der Waals surface area (Å²) in [6.45, 7) is 3.53. The van der Waals surface area contributed by atoms with Crippen LogP contribution in [0.5, 0.6) is 5.75 Å². The van der Waals surface area contributed by atoms with Gasteiger partial charge in [-0.05, 0) is 44.0 Å². The molecule has 1 saturated heterocycles. The van der Waals surface area contributed by atoms with Crippen molar-refractivity contribution in [2.24, 2.45) is 0 Å². The summed E-state index contributed by atoms with van der Waals surface area (Å²) in [4.78, 5) is 43.8. The Hall–Kier alpha value is -3.00. The van der Waals surface area contributed by atoms with Gasteiger partial charge >= 0.3 is 0 Å². The largest absolute Gasteiger partial charge is 0.492 e. The fourth-order valence-electron chi connectivity index (χ4n) is 4.18. The third-order valence-corrected chi connectivity index (χ3v) is 7.03. The average molecular weight is 468 g/mol. The lowest BCUT2D eigenvalue weighted by Gasteiger charge is -2.34. The van der Waals surface area contributed by atoms with Crippen LogP contribution in [0.4, 0.5) is 11.4 Å². The van der Waals surface area contributed by atoms with Gasteiger partial charge < -0.3 is 19.9 Å². The van der Waals surface area contributed by atoms with Crippen molar-refractivity contribution in [3.63, 3.8) is 0 Å². The molecule has 2 aliphatic rings. The molecule has 33 heavy (non-hydrogen) atoms. The number of likely N-dealkylation sites (tertiary alicyclic amines) is 1. The van der Waals surface area contributed by atoms with Crippen LogP contribution in [0.2, 0.25) is 0 Å². The smallest absolute Gasteiger partial charge is 0.250 e. The molecule has 3 amide bonds. The highest BCUT2D eigenvalue weighted by Gasteiger charge is 2.40. The van der Waals surface area contributed by atoms with Crippen LogP contribution < -0.4 is 15.0 Å². The van der Waals surface area contributed by atoms with E-state index in [9.17, 15) is 14.4 Å². The van der Waals surface area contributed by atoms with Crippen LogP contribution in [0.1, 0.15) is 32.6 Å². The van der Waals surface area contributed by atoms with E-state index >= 15 is 0 Å². The Kier molecular flexibility index (Phi) is 7.54. The predicted molar refractivity (Wildman–Crippen MR) is 130 cm³/mol. The van der Waals surface area contributed by atoms with E-state index in [1.54, 1.807) is 12.1 Å². The van der Waals surface area contributed by atoms with Gasteiger partial charge in [0, 0.05) is 18.0 Å². The Bertz CT molecular complexity index is 1020. The van der Waals surface area contributed by atoms with Gasteiger partial charge in [0.2, 0.25) is 11.8 Å². The minimum Gasteiger partial charge on any atom is -0.492 e. The molecule has 7 nitrogen and oxygen atoms in total. The molecular formula is C25H29N3O4S. The second-order valence-corrected chi connectivity index (χ2v) is 9.25. The average Bonchev–Trinajstić information content (AvgIpc) is 3.11. The molecule has 1 N–H and O–H groups in total. The highest BCUT2D eigenvalue weighted by molar-refractivity contribution is 8.01.